The Hall–Kier alpha value is -3.32. The number of pyridine rings is 1. The van der Waals surface area contributed by atoms with Crippen LogP contribution in [-0.2, 0) is 0 Å². The third kappa shape index (κ3) is 4.69. The molecule has 1 heterocycles. The summed E-state index contributed by atoms with van der Waals surface area (Å²) in [5.74, 6) is 1.41. The second-order valence-electron chi connectivity index (χ2n) is 6.42. The number of rotatable bonds is 6. The molecule has 0 aliphatic heterocycles. The SMILES string of the molecule is COc1cc(OC)cc(-c2cnc3cc(NC(=O)NC[C@@H](C)O)ccc3c2)c1. The molecule has 146 valence electrons. The number of aliphatic hydroxyl groups is 1. The van der Waals surface area contributed by atoms with Crippen molar-refractivity contribution in [2.24, 2.45) is 0 Å². The maximum Gasteiger partial charge on any atom is 0.319 e. The van der Waals surface area contributed by atoms with Crippen LogP contribution >= 0.6 is 0 Å². The number of hydrogen-bond donors (Lipinski definition) is 3. The van der Waals surface area contributed by atoms with Crippen molar-refractivity contribution in [3.63, 3.8) is 0 Å². The highest BCUT2D eigenvalue weighted by Gasteiger charge is 2.08. The van der Waals surface area contributed by atoms with Crippen LogP contribution in [0.5, 0.6) is 11.5 Å². The summed E-state index contributed by atoms with van der Waals surface area (Å²) in [7, 11) is 3.23. The molecule has 0 saturated heterocycles. The topological polar surface area (TPSA) is 92.7 Å². The molecule has 0 saturated carbocycles. The fourth-order valence-corrected chi connectivity index (χ4v) is 2.75. The standard InChI is InChI=1S/C21H23N3O4/c1-13(25)11-23-21(26)24-17-5-4-14-6-16(12-22-20(14)9-17)15-7-18(27-2)10-19(8-15)28-3/h4-10,12-13,25H,11H2,1-3H3,(H2,23,24,26)/t13-/m1/s1. The molecule has 2 aromatic carbocycles. The molecule has 0 bridgehead atoms. The lowest BCUT2D eigenvalue weighted by molar-refractivity contribution is 0.190. The van der Waals surface area contributed by atoms with E-state index in [1.165, 1.54) is 0 Å². The summed E-state index contributed by atoms with van der Waals surface area (Å²) >= 11 is 0. The summed E-state index contributed by atoms with van der Waals surface area (Å²) < 4.78 is 10.7. The Morgan fingerprint density at radius 1 is 1.07 bits per heavy atom. The summed E-state index contributed by atoms with van der Waals surface area (Å²) in [5.41, 5.74) is 3.25. The van der Waals surface area contributed by atoms with Gasteiger partial charge in [0.25, 0.3) is 0 Å². The van der Waals surface area contributed by atoms with E-state index in [2.05, 4.69) is 15.6 Å². The minimum atomic E-state index is -0.599. The molecule has 0 fully saturated rings. The van der Waals surface area contributed by atoms with Crippen LogP contribution in [0.4, 0.5) is 10.5 Å². The van der Waals surface area contributed by atoms with E-state index < -0.39 is 6.10 Å². The molecule has 0 unspecified atom stereocenters. The van der Waals surface area contributed by atoms with Crippen molar-refractivity contribution in [1.82, 2.24) is 10.3 Å². The zero-order valence-corrected chi connectivity index (χ0v) is 16.0. The van der Waals surface area contributed by atoms with Gasteiger partial charge >= 0.3 is 6.03 Å². The molecule has 1 atom stereocenters. The summed E-state index contributed by atoms with van der Waals surface area (Å²) in [5, 5.41) is 15.5. The molecule has 0 spiro atoms. The van der Waals surface area contributed by atoms with E-state index in [1.54, 1.807) is 33.4 Å². The van der Waals surface area contributed by atoms with E-state index >= 15 is 0 Å². The van der Waals surface area contributed by atoms with Gasteiger partial charge in [-0.05, 0) is 42.8 Å². The highest BCUT2D eigenvalue weighted by atomic mass is 16.5. The zero-order valence-electron chi connectivity index (χ0n) is 16.0. The predicted octanol–water partition coefficient (Wildman–Crippen LogP) is 3.42. The van der Waals surface area contributed by atoms with Gasteiger partial charge in [-0.2, -0.15) is 0 Å². The van der Waals surface area contributed by atoms with Crippen LogP contribution in [0.1, 0.15) is 6.92 Å². The van der Waals surface area contributed by atoms with Crippen LogP contribution in [0.15, 0.2) is 48.7 Å². The molecule has 3 rings (SSSR count). The van der Waals surface area contributed by atoms with Crippen molar-refractivity contribution in [2.75, 3.05) is 26.1 Å². The number of hydrogen-bond acceptors (Lipinski definition) is 5. The monoisotopic (exact) mass is 381 g/mol. The molecule has 7 heteroatoms. The van der Waals surface area contributed by atoms with Gasteiger partial charge in [0, 0.05) is 35.4 Å². The van der Waals surface area contributed by atoms with Gasteiger partial charge in [-0.3, -0.25) is 4.98 Å². The largest absolute Gasteiger partial charge is 0.497 e. The van der Waals surface area contributed by atoms with Gasteiger partial charge in [-0.15, -0.1) is 0 Å². The van der Waals surface area contributed by atoms with E-state index in [0.29, 0.717) is 17.2 Å². The molecular formula is C21H23N3O4. The molecule has 0 aliphatic carbocycles. The first-order valence-electron chi connectivity index (χ1n) is 8.84. The van der Waals surface area contributed by atoms with Gasteiger partial charge in [-0.1, -0.05) is 6.07 Å². The number of nitrogens with one attached hydrogen (secondary N) is 2. The lowest BCUT2D eigenvalue weighted by atomic mass is 10.0. The Balaban J connectivity index is 1.84. The van der Waals surface area contributed by atoms with Crippen molar-refractivity contribution < 1.29 is 19.4 Å². The number of amides is 2. The van der Waals surface area contributed by atoms with Crippen LogP contribution < -0.4 is 20.1 Å². The fraction of sp³-hybridized carbons (Fsp3) is 0.238. The molecule has 0 radical (unpaired) electrons. The molecule has 3 N–H and O–H groups in total. The molecule has 1 aromatic heterocycles. The van der Waals surface area contributed by atoms with Crippen molar-refractivity contribution in [2.45, 2.75) is 13.0 Å². The Bertz CT molecular complexity index is 966. The molecule has 7 nitrogen and oxygen atoms in total. The normalized spacial score (nSPS) is 11.7. The van der Waals surface area contributed by atoms with E-state index in [-0.39, 0.29) is 12.6 Å². The van der Waals surface area contributed by atoms with E-state index in [4.69, 9.17) is 9.47 Å². The lowest BCUT2D eigenvalue weighted by Gasteiger charge is -2.11. The van der Waals surface area contributed by atoms with Crippen LogP contribution in [0.3, 0.4) is 0 Å². The third-order valence-corrected chi connectivity index (χ3v) is 4.18. The third-order valence-electron chi connectivity index (χ3n) is 4.18. The number of carbonyl (C=O) groups is 1. The van der Waals surface area contributed by atoms with Gasteiger partial charge in [0.15, 0.2) is 0 Å². The Morgan fingerprint density at radius 3 is 2.43 bits per heavy atom. The number of aliphatic hydroxyl groups excluding tert-OH is 1. The molecular weight excluding hydrogens is 358 g/mol. The van der Waals surface area contributed by atoms with Crippen LogP contribution in [0, 0.1) is 0 Å². The number of urea groups is 1. The maximum absolute atomic E-state index is 11.8. The second kappa shape index (κ2) is 8.58. The number of fused-ring (bicyclic) bond motifs is 1. The van der Waals surface area contributed by atoms with Crippen LogP contribution in [0.25, 0.3) is 22.0 Å². The smallest absolute Gasteiger partial charge is 0.319 e. The average Bonchev–Trinajstić information content (AvgIpc) is 2.71. The zero-order chi connectivity index (χ0) is 20.1. The summed E-state index contributed by atoms with van der Waals surface area (Å²) in [6.45, 7) is 1.79. The lowest BCUT2D eigenvalue weighted by Crippen LogP contribution is -2.34. The summed E-state index contributed by atoms with van der Waals surface area (Å²) in [6, 6.07) is 12.8. The first-order valence-corrected chi connectivity index (χ1v) is 8.84. The van der Waals surface area contributed by atoms with Crippen molar-refractivity contribution in [3.05, 3.63) is 48.7 Å². The first-order chi connectivity index (χ1) is 13.5. The Labute approximate surface area is 163 Å². The van der Waals surface area contributed by atoms with Gasteiger partial charge in [0.2, 0.25) is 0 Å². The van der Waals surface area contributed by atoms with E-state index in [1.807, 2.05) is 36.4 Å². The van der Waals surface area contributed by atoms with Crippen LogP contribution in [0.2, 0.25) is 0 Å². The van der Waals surface area contributed by atoms with Crippen molar-refractivity contribution in [1.29, 1.82) is 0 Å². The molecule has 28 heavy (non-hydrogen) atoms. The molecule has 0 aliphatic rings. The number of methoxy groups -OCH3 is 2. The fourth-order valence-electron chi connectivity index (χ4n) is 2.75. The number of anilines is 1. The summed E-state index contributed by atoms with van der Waals surface area (Å²) in [4.78, 5) is 16.4. The van der Waals surface area contributed by atoms with Crippen LogP contribution in [-0.4, -0.2) is 43.0 Å². The van der Waals surface area contributed by atoms with E-state index in [0.717, 1.165) is 22.0 Å². The van der Waals surface area contributed by atoms with Crippen molar-refractivity contribution in [3.8, 4) is 22.6 Å². The predicted molar refractivity (Wildman–Crippen MR) is 109 cm³/mol. The Kier molecular flexibility index (Phi) is 5.96. The summed E-state index contributed by atoms with van der Waals surface area (Å²) in [6.07, 6.45) is 1.17. The quantitative estimate of drug-likeness (QED) is 0.608. The van der Waals surface area contributed by atoms with Gasteiger partial charge in [0.05, 0.1) is 25.8 Å². The van der Waals surface area contributed by atoms with Gasteiger partial charge in [-0.25, -0.2) is 4.79 Å². The highest BCUT2D eigenvalue weighted by Crippen LogP contribution is 2.31. The highest BCUT2D eigenvalue weighted by molar-refractivity contribution is 5.93. The average molecular weight is 381 g/mol. The minimum absolute atomic E-state index is 0.186. The number of ether oxygens (including phenoxy) is 2. The molecule has 2 amide bonds. The number of aromatic nitrogens is 1. The maximum atomic E-state index is 11.8. The second-order valence-corrected chi connectivity index (χ2v) is 6.42. The minimum Gasteiger partial charge on any atom is -0.497 e. The number of benzene rings is 2. The Morgan fingerprint density at radius 2 is 1.79 bits per heavy atom. The number of nitrogens with zero attached hydrogens (tertiary/aromatic N) is 1. The van der Waals surface area contributed by atoms with Crippen molar-refractivity contribution >= 4 is 22.6 Å². The van der Waals surface area contributed by atoms with E-state index in [9.17, 15) is 9.90 Å². The molecule has 3 aromatic rings. The first kappa shape index (κ1) is 19.4. The van der Waals surface area contributed by atoms with Gasteiger partial charge in [0.1, 0.15) is 11.5 Å². The van der Waals surface area contributed by atoms with Gasteiger partial charge < -0.3 is 25.2 Å². The number of carbonyl (C=O) groups excluding carboxylic acids is 1.